The highest BCUT2D eigenvalue weighted by Gasteiger charge is 2.09. The number of rotatable bonds is 3. The third-order valence-corrected chi connectivity index (χ3v) is 3.66. The number of nitrogen functional groups attached to an aromatic ring is 1. The van der Waals surface area contributed by atoms with Gasteiger partial charge in [0, 0.05) is 5.56 Å². The zero-order valence-electron chi connectivity index (χ0n) is 10.4. The summed E-state index contributed by atoms with van der Waals surface area (Å²) in [6.07, 6.45) is 0. The molecule has 0 atom stereocenters. The SMILES string of the molecule is NC(=O)c1ccc(Oc2ccc3scnc3c2N)cc1. The number of hydrogen-bond acceptors (Lipinski definition) is 5. The molecule has 0 aliphatic rings. The van der Waals surface area contributed by atoms with Gasteiger partial charge in [0.25, 0.3) is 0 Å². The Balaban J connectivity index is 1.92. The lowest BCUT2D eigenvalue weighted by molar-refractivity contribution is 0.100. The Morgan fingerprint density at radius 3 is 2.60 bits per heavy atom. The Morgan fingerprint density at radius 1 is 1.15 bits per heavy atom. The number of hydrogen-bond donors (Lipinski definition) is 2. The number of benzene rings is 2. The van der Waals surface area contributed by atoms with Crippen LogP contribution >= 0.6 is 11.3 Å². The molecule has 0 aliphatic carbocycles. The highest BCUT2D eigenvalue weighted by atomic mass is 32.1. The molecule has 4 N–H and O–H groups in total. The van der Waals surface area contributed by atoms with Crippen LogP contribution in [0, 0.1) is 0 Å². The number of carbonyl (C=O) groups excluding carboxylic acids is 1. The molecule has 0 saturated carbocycles. The van der Waals surface area contributed by atoms with Crippen molar-refractivity contribution in [2.75, 3.05) is 5.73 Å². The molecular formula is C14H11N3O2S. The molecule has 100 valence electrons. The largest absolute Gasteiger partial charge is 0.455 e. The van der Waals surface area contributed by atoms with Crippen molar-refractivity contribution < 1.29 is 9.53 Å². The molecule has 6 heteroatoms. The summed E-state index contributed by atoms with van der Waals surface area (Å²) in [5.74, 6) is 0.645. The van der Waals surface area contributed by atoms with E-state index in [4.69, 9.17) is 16.2 Å². The molecular weight excluding hydrogens is 274 g/mol. The van der Waals surface area contributed by atoms with Crippen LogP contribution in [0.25, 0.3) is 10.2 Å². The van der Waals surface area contributed by atoms with Gasteiger partial charge in [-0.15, -0.1) is 11.3 Å². The Hall–Kier alpha value is -2.60. The van der Waals surface area contributed by atoms with E-state index < -0.39 is 5.91 Å². The van der Waals surface area contributed by atoms with Gasteiger partial charge in [0.15, 0.2) is 5.75 Å². The van der Waals surface area contributed by atoms with E-state index >= 15 is 0 Å². The first-order valence-electron chi connectivity index (χ1n) is 5.84. The third kappa shape index (κ3) is 2.17. The molecule has 5 nitrogen and oxygen atoms in total. The fourth-order valence-electron chi connectivity index (χ4n) is 1.84. The maximum atomic E-state index is 11.0. The van der Waals surface area contributed by atoms with Crippen molar-refractivity contribution in [1.82, 2.24) is 4.98 Å². The zero-order chi connectivity index (χ0) is 14.1. The van der Waals surface area contributed by atoms with Gasteiger partial charge in [-0.3, -0.25) is 4.79 Å². The molecule has 0 unspecified atom stereocenters. The topological polar surface area (TPSA) is 91.2 Å². The van der Waals surface area contributed by atoms with E-state index in [2.05, 4.69) is 4.98 Å². The van der Waals surface area contributed by atoms with Gasteiger partial charge in [0.1, 0.15) is 17.0 Å². The first-order valence-corrected chi connectivity index (χ1v) is 6.72. The van der Waals surface area contributed by atoms with Gasteiger partial charge in [0.05, 0.1) is 10.2 Å². The summed E-state index contributed by atoms with van der Waals surface area (Å²) in [5.41, 5.74) is 14.6. The van der Waals surface area contributed by atoms with Gasteiger partial charge in [-0.25, -0.2) is 4.98 Å². The molecule has 0 aliphatic heterocycles. The lowest BCUT2D eigenvalue weighted by atomic mass is 10.2. The summed E-state index contributed by atoms with van der Waals surface area (Å²) < 4.78 is 6.72. The second-order valence-electron chi connectivity index (χ2n) is 4.17. The minimum Gasteiger partial charge on any atom is -0.455 e. The number of anilines is 1. The summed E-state index contributed by atoms with van der Waals surface area (Å²) >= 11 is 1.52. The number of thiazole rings is 1. The first-order chi connectivity index (χ1) is 9.65. The number of aromatic nitrogens is 1. The van der Waals surface area contributed by atoms with E-state index in [1.54, 1.807) is 35.8 Å². The van der Waals surface area contributed by atoms with Crippen LogP contribution in [0.5, 0.6) is 11.5 Å². The molecule has 3 aromatic rings. The average Bonchev–Trinajstić information content (AvgIpc) is 2.92. The molecule has 1 heterocycles. The number of carbonyl (C=O) groups is 1. The number of amides is 1. The van der Waals surface area contributed by atoms with Crippen molar-refractivity contribution in [2.45, 2.75) is 0 Å². The molecule has 0 radical (unpaired) electrons. The molecule has 1 aromatic heterocycles. The smallest absolute Gasteiger partial charge is 0.248 e. The fraction of sp³-hybridized carbons (Fsp3) is 0. The van der Waals surface area contributed by atoms with Crippen LogP contribution in [0.4, 0.5) is 5.69 Å². The summed E-state index contributed by atoms with van der Waals surface area (Å²) in [6, 6.07) is 10.3. The van der Waals surface area contributed by atoms with Crippen molar-refractivity contribution in [1.29, 1.82) is 0 Å². The molecule has 2 aromatic carbocycles. The van der Waals surface area contributed by atoms with Gasteiger partial charge in [-0.05, 0) is 36.4 Å². The van der Waals surface area contributed by atoms with Crippen molar-refractivity contribution in [2.24, 2.45) is 5.73 Å². The minimum absolute atomic E-state index is 0.431. The van der Waals surface area contributed by atoms with Crippen LogP contribution in [-0.4, -0.2) is 10.9 Å². The van der Waals surface area contributed by atoms with Crippen LogP contribution in [0.1, 0.15) is 10.4 Å². The van der Waals surface area contributed by atoms with Gasteiger partial charge < -0.3 is 16.2 Å². The number of fused-ring (bicyclic) bond motifs is 1. The van der Waals surface area contributed by atoms with Gasteiger partial charge in [-0.2, -0.15) is 0 Å². The average molecular weight is 285 g/mol. The first kappa shape index (κ1) is 12.4. The van der Waals surface area contributed by atoms with Gasteiger partial charge >= 0.3 is 0 Å². The van der Waals surface area contributed by atoms with E-state index in [0.29, 0.717) is 22.7 Å². The number of primary amides is 1. The summed E-state index contributed by atoms with van der Waals surface area (Å²) in [5, 5.41) is 0. The third-order valence-electron chi connectivity index (χ3n) is 2.87. The van der Waals surface area contributed by atoms with Crippen LogP contribution in [-0.2, 0) is 0 Å². The number of nitrogens with zero attached hydrogens (tertiary/aromatic N) is 1. The molecule has 0 bridgehead atoms. The predicted octanol–water partition coefficient (Wildman–Crippen LogP) is 2.77. The van der Waals surface area contributed by atoms with Crippen LogP contribution < -0.4 is 16.2 Å². The normalized spacial score (nSPS) is 10.6. The van der Waals surface area contributed by atoms with E-state index in [0.717, 1.165) is 10.2 Å². The molecule has 0 spiro atoms. The predicted molar refractivity (Wildman–Crippen MR) is 79.1 cm³/mol. The molecule has 0 fully saturated rings. The van der Waals surface area contributed by atoms with E-state index in [9.17, 15) is 4.79 Å². The van der Waals surface area contributed by atoms with Crippen molar-refractivity contribution in [3.05, 3.63) is 47.5 Å². The number of nitrogens with two attached hydrogens (primary N) is 2. The Bertz CT molecular complexity index is 781. The summed E-state index contributed by atoms with van der Waals surface area (Å²) in [4.78, 5) is 15.2. The quantitative estimate of drug-likeness (QED) is 0.724. The Kier molecular flexibility index (Phi) is 3.00. The summed E-state index contributed by atoms with van der Waals surface area (Å²) in [6.45, 7) is 0. The van der Waals surface area contributed by atoms with Gasteiger partial charge in [-0.1, -0.05) is 0 Å². The van der Waals surface area contributed by atoms with Crippen LogP contribution in [0.3, 0.4) is 0 Å². The molecule has 1 amide bonds. The van der Waals surface area contributed by atoms with Crippen molar-refractivity contribution >= 4 is 33.1 Å². The van der Waals surface area contributed by atoms with Gasteiger partial charge in [0.2, 0.25) is 5.91 Å². The van der Waals surface area contributed by atoms with E-state index in [1.807, 2.05) is 6.07 Å². The minimum atomic E-state index is -0.472. The molecule has 3 rings (SSSR count). The Morgan fingerprint density at radius 2 is 1.90 bits per heavy atom. The fourth-order valence-corrected chi connectivity index (χ4v) is 2.53. The highest BCUT2D eigenvalue weighted by molar-refractivity contribution is 7.16. The lowest BCUT2D eigenvalue weighted by Gasteiger charge is -2.09. The monoisotopic (exact) mass is 285 g/mol. The molecule has 20 heavy (non-hydrogen) atoms. The second-order valence-corrected chi connectivity index (χ2v) is 5.05. The standard InChI is InChI=1S/C14H11N3O2S/c15-12-10(5-6-11-13(12)17-7-20-11)19-9-3-1-8(2-4-9)14(16)18/h1-7H,15H2,(H2,16,18). The van der Waals surface area contributed by atoms with Crippen molar-refractivity contribution in [3.8, 4) is 11.5 Å². The van der Waals surface area contributed by atoms with E-state index in [-0.39, 0.29) is 0 Å². The van der Waals surface area contributed by atoms with E-state index in [1.165, 1.54) is 11.3 Å². The molecule has 0 saturated heterocycles. The van der Waals surface area contributed by atoms with Crippen LogP contribution in [0.2, 0.25) is 0 Å². The zero-order valence-corrected chi connectivity index (χ0v) is 11.2. The second kappa shape index (κ2) is 4.82. The van der Waals surface area contributed by atoms with Crippen molar-refractivity contribution in [3.63, 3.8) is 0 Å². The maximum Gasteiger partial charge on any atom is 0.248 e. The number of ether oxygens (including phenoxy) is 1. The lowest BCUT2D eigenvalue weighted by Crippen LogP contribution is -2.10. The summed E-state index contributed by atoms with van der Waals surface area (Å²) in [7, 11) is 0. The highest BCUT2D eigenvalue weighted by Crippen LogP contribution is 2.34. The maximum absolute atomic E-state index is 11.0. The van der Waals surface area contributed by atoms with Crippen LogP contribution in [0.15, 0.2) is 41.9 Å². The Labute approximate surface area is 118 Å².